The normalized spacial score (nSPS) is 18.2. The summed E-state index contributed by atoms with van der Waals surface area (Å²) < 4.78 is 1.84. The summed E-state index contributed by atoms with van der Waals surface area (Å²) in [6, 6.07) is 6.40. The summed E-state index contributed by atoms with van der Waals surface area (Å²) in [5, 5.41) is 9.27. The fourth-order valence-corrected chi connectivity index (χ4v) is 2.79. The van der Waals surface area contributed by atoms with Crippen molar-refractivity contribution >= 4 is 11.9 Å². The number of benzene rings is 1. The Morgan fingerprint density at radius 3 is 2.59 bits per heavy atom. The molecule has 1 saturated heterocycles. The molecule has 114 valence electrons. The molecule has 1 atom stereocenters. The highest BCUT2D eigenvalue weighted by molar-refractivity contribution is 5.96. The summed E-state index contributed by atoms with van der Waals surface area (Å²) in [5.74, 6) is -1.15. The zero-order chi connectivity index (χ0) is 15.5. The van der Waals surface area contributed by atoms with Crippen LogP contribution in [0.5, 0.6) is 0 Å². The summed E-state index contributed by atoms with van der Waals surface area (Å²) in [6.07, 6.45) is 7.41. The number of aliphatic carboxylic acids is 1. The lowest BCUT2D eigenvalue weighted by atomic mass is 10.0. The van der Waals surface area contributed by atoms with Gasteiger partial charge in [-0.25, -0.2) is 9.78 Å². The standard InChI is InChI=1S/C16H17N3O3/c20-15(19-9-2-1-3-14(19)16(21)22)12-4-6-13(7-5-12)18-10-8-17-11-18/h4-8,10-11,14H,1-3,9H2,(H,21,22)/t14-/m1/s1. The summed E-state index contributed by atoms with van der Waals surface area (Å²) in [4.78, 5) is 29.3. The minimum atomic E-state index is -0.928. The highest BCUT2D eigenvalue weighted by Gasteiger charge is 2.32. The van der Waals surface area contributed by atoms with Crippen molar-refractivity contribution in [1.82, 2.24) is 14.5 Å². The molecular formula is C16H17N3O3. The van der Waals surface area contributed by atoms with Gasteiger partial charge >= 0.3 is 5.97 Å². The smallest absolute Gasteiger partial charge is 0.326 e. The SMILES string of the molecule is O=C(O)[C@H]1CCCCN1C(=O)c1ccc(-n2ccnc2)cc1. The molecule has 1 aliphatic rings. The number of hydrogen-bond acceptors (Lipinski definition) is 3. The third-order valence-corrected chi connectivity index (χ3v) is 3.97. The fraction of sp³-hybridized carbons (Fsp3) is 0.312. The van der Waals surface area contributed by atoms with Crippen LogP contribution in [0.15, 0.2) is 43.0 Å². The lowest BCUT2D eigenvalue weighted by Gasteiger charge is -2.33. The van der Waals surface area contributed by atoms with Gasteiger partial charge in [-0.2, -0.15) is 0 Å². The third kappa shape index (κ3) is 2.72. The monoisotopic (exact) mass is 299 g/mol. The van der Waals surface area contributed by atoms with Crippen LogP contribution in [-0.2, 0) is 4.79 Å². The number of piperidine rings is 1. The second kappa shape index (κ2) is 6.01. The van der Waals surface area contributed by atoms with Crippen molar-refractivity contribution in [3.63, 3.8) is 0 Å². The molecule has 0 unspecified atom stereocenters. The number of amides is 1. The Morgan fingerprint density at radius 1 is 1.18 bits per heavy atom. The van der Waals surface area contributed by atoms with E-state index in [1.165, 1.54) is 4.90 Å². The van der Waals surface area contributed by atoms with Crippen molar-refractivity contribution < 1.29 is 14.7 Å². The van der Waals surface area contributed by atoms with Crippen molar-refractivity contribution in [2.24, 2.45) is 0 Å². The Kier molecular flexibility index (Phi) is 3.91. The minimum Gasteiger partial charge on any atom is -0.480 e. The van der Waals surface area contributed by atoms with Gasteiger partial charge in [0.25, 0.3) is 5.91 Å². The molecule has 1 fully saturated rings. The average Bonchev–Trinajstić information content (AvgIpc) is 3.09. The van der Waals surface area contributed by atoms with Crippen molar-refractivity contribution in [3.8, 4) is 5.69 Å². The van der Waals surface area contributed by atoms with E-state index < -0.39 is 12.0 Å². The second-order valence-electron chi connectivity index (χ2n) is 5.37. The molecule has 6 nitrogen and oxygen atoms in total. The molecule has 2 aromatic rings. The van der Waals surface area contributed by atoms with Gasteiger partial charge in [-0.1, -0.05) is 0 Å². The molecular weight excluding hydrogens is 282 g/mol. The van der Waals surface area contributed by atoms with E-state index in [2.05, 4.69) is 4.98 Å². The van der Waals surface area contributed by atoms with Crippen LogP contribution in [0.4, 0.5) is 0 Å². The van der Waals surface area contributed by atoms with Crippen LogP contribution < -0.4 is 0 Å². The second-order valence-corrected chi connectivity index (χ2v) is 5.37. The van der Waals surface area contributed by atoms with Gasteiger partial charge in [0.05, 0.1) is 6.33 Å². The maximum absolute atomic E-state index is 12.6. The number of nitrogens with zero attached hydrogens (tertiary/aromatic N) is 3. The van der Waals surface area contributed by atoms with E-state index in [4.69, 9.17) is 0 Å². The summed E-state index contributed by atoms with van der Waals surface area (Å²) in [6.45, 7) is 0.499. The highest BCUT2D eigenvalue weighted by Crippen LogP contribution is 2.20. The first-order chi connectivity index (χ1) is 10.7. The molecule has 2 heterocycles. The lowest BCUT2D eigenvalue weighted by Crippen LogP contribution is -2.47. The van der Waals surface area contributed by atoms with E-state index in [9.17, 15) is 14.7 Å². The van der Waals surface area contributed by atoms with Gasteiger partial charge in [-0.15, -0.1) is 0 Å². The largest absolute Gasteiger partial charge is 0.480 e. The molecule has 3 rings (SSSR count). The van der Waals surface area contributed by atoms with Gasteiger partial charge in [-0.05, 0) is 43.5 Å². The zero-order valence-electron chi connectivity index (χ0n) is 12.1. The quantitative estimate of drug-likeness (QED) is 0.940. The number of carboxylic acids is 1. The molecule has 1 N–H and O–H groups in total. The maximum Gasteiger partial charge on any atom is 0.326 e. The predicted octanol–water partition coefficient (Wildman–Crippen LogP) is 1.95. The molecule has 0 spiro atoms. The molecule has 0 radical (unpaired) electrons. The molecule has 1 aromatic carbocycles. The first kappa shape index (κ1) is 14.3. The molecule has 6 heteroatoms. The molecule has 0 saturated carbocycles. The first-order valence-electron chi connectivity index (χ1n) is 7.29. The Morgan fingerprint density at radius 2 is 1.95 bits per heavy atom. The predicted molar refractivity (Wildman–Crippen MR) is 79.9 cm³/mol. The molecule has 1 aromatic heterocycles. The number of carboxylic acid groups (broad SMARTS) is 1. The van der Waals surface area contributed by atoms with Gasteiger partial charge in [-0.3, -0.25) is 4.79 Å². The number of hydrogen-bond donors (Lipinski definition) is 1. The molecule has 1 amide bonds. The van der Waals surface area contributed by atoms with Crippen LogP contribution in [0.3, 0.4) is 0 Å². The van der Waals surface area contributed by atoms with Gasteiger partial charge in [0, 0.05) is 30.2 Å². The molecule has 22 heavy (non-hydrogen) atoms. The Labute approximate surface area is 128 Å². The van der Waals surface area contributed by atoms with E-state index >= 15 is 0 Å². The van der Waals surface area contributed by atoms with Gasteiger partial charge in [0.1, 0.15) is 6.04 Å². The number of aromatic nitrogens is 2. The molecule has 0 aliphatic carbocycles. The van der Waals surface area contributed by atoms with E-state index in [-0.39, 0.29) is 5.91 Å². The molecule has 0 bridgehead atoms. The number of carbonyl (C=O) groups excluding carboxylic acids is 1. The van der Waals surface area contributed by atoms with Crippen molar-refractivity contribution in [2.45, 2.75) is 25.3 Å². The van der Waals surface area contributed by atoms with Gasteiger partial charge in [0.2, 0.25) is 0 Å². The van der Waals surface area contributed by atoms with Gasteiger partial charge < -0.3 is 14.6 Å². The zero-order valence-corrected chi connectivity index (χ0v) is 12.1. The Hall–Kier alpha value is -2.63. The maximum atomic E-state index is 12.6. The fourth-order valence-electron chi connectivity index (χ4n) is 2.79. The van der Waals surface area contributed by atoms with E-state index in [0.29, 0.717) is 18.5 Å². The Balaban J connectivity index is 1.81. The third-order valence-electron chi connectivity index (χ3n) is 3.97. The van der Waals surface area contributed by atoms with E-state index in [1.807, 2.05) is 22.9 Å². The Bertz CT molecular complexity index is 664. The van der Waals surface area contributed by atoms with Gasteiger partial charge in [0.15, 0.2) is 0 Å². The van der Waals surface area contributed by atoms with E-state index in [1.54, 1.807) is 24.7 Å². The van der Waals surface area contributed by atoms with Crippen LogP contribution in [-0.4, -0.2) is 44.0 Å². The van der Waals surface area contributed by atoms with Crippen LogP contribution in [0.25, 0.3) is 5.69 Å². The number of rotatable bonds is 3. The highest BCUT2D eigenvalue weighted by atomic mass is 16.4. The van der Waals surface area contributed by atoms with Crippen molar-refractivity contribution in [2.75, 3.05) is 6.54 Å². The van der Waals surface area contributed by atoms with Crippen LogP contribution in [0, 0.1) is 0 Å². The number of carbonyl (C=O) groups is 2. The van der Waals surface area contributed by atoms with Crippen LogP contribution in [0.1, 0.15) is 29.6 Å². The van der Waals surface area contributed by atoms with Crippen LogP contribution in [0.2, 0.25) is 0 Å². The average molecular weight is 299 g/mol. The van der Waals surface area contributed by atoms with Crippen molar-refractivity contribution in [1.29, 1.82) is 0 Å². The summed E-state index contributed by atoms with van der Waals surface area (Å²) >= 11 is 0. The van der Waals surface area contributed by atoms with Crippen molar-refractivity contribution in [3.05, 3.63) is 48.5 Å². The molecule has 1 aliphatic heterocycles. The lowest BCUT2D eigenvalue weighted by molar-refractivity contribution is -0.143. The number of imidazole rings is 1. The minimum absolute atomic E-state index is 0.218. The first-order valence-corrected chi connectivity index (χ1v) is 7.29. The summed E-state index contributed by atoms with van der Waals surface area (Å²) in [7, 11) is 0. The van der Waals surface area contributed by atoms with Crippen LogP contribution >= 0.6 is 0 Å². The van der Waals surface area contributed by atoms with E-state index in [0.717, 1.165) is 18.5 Å². The summed E-state index contributed by atoms with van der Waals surface area (Å²) in [5.41, 5.74) is 1.42. The topological polar surface area (TPSA) is 75.4 Å². The number of likely N-dealkylation sites (tertiary alicyclic amines) is 1.